The molecular formula is C51H55Cl2F2N5O3. The van der Waals surface area contributed by atoms with Gasteiger partial charge < -0.3 is 19.4 Å². The number of halogens is 4. The van der Waals surface area contributed by atoms with E-state index in [-0.39, 0.29) is 24.1 Å². The van der Waals surface area contributed by atoms with Gasteiger partial charge in [0.05, 0.1) is 10.6 Å². The van der Waals surface area contributed by atoms with E-state index >= 15 is 0 Å². The van der Waals surface area contributed by atoms with Crippen molar-refractivity contribution in [3.63, 3.8) is 0 Å². The van der Waals surface area contributed by atoms with Gasteiger partial charge in [-0.15, -0.1) is 0 Å². The first kappa shape index (κ1) is 44.6. The molecule has 2 heterocycles. The molecule has 1 aliphatic heterocycles. The molecule has 0 radical (unpaired) electrons. The normalized spacial score (nSPS) is 15.7. The molecule has 1 aromatic heterocycles. The minimum Gasteiger partial charge on any atom is -0.492 e. The number of amides is 1. The van der Waals surface area contributed by atoms with Gasteiger partial charge in [-0.1, -0.05) is 84.9 Å². The summed E-state index contributed by atoms with van der Waals surface area (Å²) in [7, 11) is 0. The van der Waals surface area contributed by atoms with Gasteiger partial charge in [0.15, 0.2) is 0 Å². The zero-order valence-corrected chi connectivity index (χ0v) is 37.1. The SMILES string of the molecule is O=C(NCCCn1cc(-c2cccc(F)c2)c2c(CN3CCN(CCOc4ccc(Cl)cc4)CC3)cccc21)C1(NCc2ccc(OCc3ccc(F)cc3)c(Cl)c2)CCCCC1. The van der Waals surface area contributed by atoms with Crippen molar-refractivity contribution in [2.75, 3.05) is 45.9 Å². The maximum absolute atomic E-state index is 14.7. The predicted octanol–water partition coefficient (Wildman–Crippen LogP) is 10.7. The van der Waals surface area contributed by atoms with Crippen molar-refractivity contribution in [2.45, 2.75) is 70.3 Å². The number of hydrogen-bond donors (Lipinski definition) is 2. The average Bonchev–Trinajstić information content (AvgIpc) is 3.68. The van der Waals surface area contributed by atoms with Crippen LogP contribution in [-0.2, 0) is 31.0 Å². The fraction of sp³-hybridized carbons (Fsp3) is 0.353. The van der Waals surface area contributed by atoms with Crippen LogP contribution >= 0.6 is 23.2 Å². The largest absolute Gasteiger partial charge is 0.492 e. The molecule has 0 spiro atoms. The van der Waals surface area contributed by atoms with Crippen molar-refractivity contribution in [3.05, 3.63) is 154 Å². The Balaban J connectivity index is 0.877. The number of fused-ring (bicyclic) bond motifs is 1. The second-order valence-corrected chi connectivity index (χ2v) is 17.6. The number of carbonyl (C=O) groups is 1. The van der Waals surface area contributed by atoms with Crippen LogP contribution in [0.1, 0.15) is 55.2 Å². The van der Waals surface area contributed by atoms with E-state index in [1.807, 2.05) is 48.5 Å². The van der Waals surface area contributed by atoms with E-state index in [1.54, 1.807) is 24.3 Å². The smallest absolute Gasteiger partial charge is 0.240 e. The van der Waals surface area contributed by atoms with Crippen LogP contribution in [0.3, 0.4) is 0 Å². The second kappa shape index (κ2) is 21.1. The lowest BCUT2D eigenvalue weighted by molar-refractivity contribution is -0.129. The van der Waals surface area contributed by atoms with E-state index in [0.29, 0.717) is 42.0 Å². The fourth-order valence-corrected chi connectivity index (χ4v) is 9.28. The first-order valence-electron chi connectivity index (χ1n) is 22.1. The van der Waals surface area contributed by atoms with Crippen LogP contribution in [0, 0.1) is 11.6 Å². The van der Waals surface area contributed by atoms with E-state index in [2.05, 4.69) is 49.4 Å². The molecule has 8 nitrogen and oxygen atoms in total. The van der Waals surface area contributed by atoms with Crippen LogP contribution in [0.2, 0.25) is 10.0 Å². The molecule has 12 heteroatoms. The van der Waals surface area contributed by atoms with Crippen molar-refractivity contribution < 1.29 is 23.0 Å². The number of aryl methyl sites for hydroxylation is 1. The summed E-state index contributed by atoms with van der Waals surface area (Å²) in [4.78, 5) is 19.0. The standard InChI is InChI=1S/C51H55Cl2F2N5O3/c52-41-14-18-44(19-15-41)62-30-29-58-25-27-59(28-26-58)34-40-8-5-10-47-49(40)45(39-7-4-9-43(55)32-39)35-60(47)24-6-23-56-50(61)51(21-2-1-3-22-51)57-33-38-13-20-48(46(53)31-38)63-36-37-11-16-42(54)17-12-37/h4-5,7-20,31-32,35,57H,1-3,6,21-30,33-34,36H2,(H,56,61). The fourth-order valence-electron chi connectivity index (χ4n) is 8.90. The molecule has 6 aromatic rings. The zero-order chi connectivity index (χ0) is 43.6. The zero-order valence-electron chi connectivity index (χ0n) is 35.6. The summed E-state index contributed by atoms with van der Waals surface area (Å²) < 4.78 is 42.1. The van der Waals surface area contributed by atoms with Gasteiger partial charge in [-0.3, -0.25) is 19.9 Å². The van der Waals surface area contributed by atoms with Gasteiger partial charge in [0.1, 0.15) is 36.3 Å². The monoisotopic (exact) mass is 893 g/mol. The van der Waals surface area contributed by atoms with Gasteiger partial charge in [0.2, 0.25) is 5.91 Å². The highest BCUT2D eigenvalue weighted by molar-refractivity contribution is 6.32. The molecule has 1 amide bonds. The van der Waals surface area contributed by atoms with Crippen LogP contribution in [0.15, 0.2) is 115 Å². The molecule has 2 fully saturated rings. The van der Waals surface area contributed by atoms with Gasteiger partial charge in [0, 0.05) is 86.6 Å². The Labute approximate surface area is 379 Å². The first-order chi connectivity index (χ1) is 30.7. The Hall–Kier alpha value is -4.97. The van der Waals surface area contributed by atoms with Crippen molar-refractivity contribution in [1.29, 1.82) is 0 Å². The Morgan fingerprint density at radius 1 is 0.746 bits per heavy atom. The lowest BCUT2D eigenvalue weighted by Crippen LogP contribution is -2.57. The average molecular weight is 895 g/mol. The Kier molecular flexibility index (Phi) is 15.0. The molecule has 2 aliphatic rings. The number of aromatic nitrogens is 1. The minimum absolute atomic E-state index is 0.0295. The summed E-state index contributed by atoms with van der Waals surface area (Å²) in [5.74, 6) is 0.853. The summed E-state index contributed by atoms with van der Waals surface area (Å²) in [5, 5.41) is 9.24. The summed E-state index contributed by atoms with van der Waals surface area (Å²) in [5.41, 5.74) is 5.32. The van der Waals surface area contributed by atoms with E-state index in [0.717, 1.165) is 117 Å². The molecular weight excluding hydrogens is 839 g/mol. The number of carbonyl (C=O) groups excluding carboxylic acids is 1. The number of hydrogen-bond acceptors (Lipinski definition) is 6. The highest BCUT2D eigenvalue weighted by Crippen LogP contribution is 2.35. The number of ether oxygens (including phenoxy) is 2. The maximum Gasteiger partial charge on any atom is 0.240 e. The quantitative estimate of drug-likeness (QED) is 0.0838. The highest BCUT2D eigenvalue weighted by atomic mass is 35.5. The second-order valence-electron chi connectivity index (χ2n) is 16.8. The molecule has 0 atom stereocenters. The first-order valence-corrected chi connectivity index (χ1v) is 22.9. The van der Waals surface area contributed by atoms with Crippen LogP contribution in [0.25, 0.3) is 22.0 Å². The van der Waals surface area contributed by atoms with Gasteiger partial charge in [-0.05, 0) is 108 Å². The van der Waals surface area contributed by atoms with Gasteiger partial charge in [-0.2, -0.15) is 0 Å². The molecule has 8 rings (SSSR count). The summed E-state index contributed by atoms with van der Waals surface area (Å²) in [6, 6.07) is 32.7. The van der Waals surface area contributed by atoms with E-state index in [1.165, 1.54) is 23.8 Å². The van der Waals surface area contributed by atoms with E-state index in [4.69, 9.17) is 32.7 Å². The number of piperazine rings is 1. The molecule has 1 saturated heterocycles. The summed E-state index contributed by atoms with van der Waals surface area (Å²) in [6.07, 6.45) is 7.48. The van der Waals surface area contributed by atoms with Crippen molar-refractivity contribution in [3.8, 4) is 22.6 Å². The third-order valence-corrected chi connectivity index (χ3v) is 13.0. The maximum atomic E-state index is 14.7. The predicted molar refractivity (Wildman–Crippen MR) is 248 cm³/mol. The topological polar surface area (TPSA) is 71.0 Å². The van der Waals surface area contributed by atoms with Crippen LogP contribution < -0.4 is 20.1 Å². The summed E-state index contributed by atoms with van der Waals surface area (Å²) in [6.45, 7) is 8.07. The minimum atomic E-state index is -0.668. The molecule has 330 valence electrons. The number of nitrogens with one attached hydrogen (secondary N) is 2. The van der Waals surface area contributed by atoms with Crippen LogP contribution in [0.5, 0.6) is 11.5 Å². The van der Waals surface area contributed by atoms with Gasteiger partial charge in [0.25, 0.3) is 0 Å². The molecule has 1 aliphatic carbocycles. The van der Waals surface area contributed by atoms with Crippen molar-refractivity contribution in [2.24, 2.45) is 0 Å². The molecule has 2 N–H and O–H groups in total. The highest BCUT2D eigenvalue weighted by Gasteiger charge is 2.38. The molecule has 1 saturated carbocycles. The third kappa shape index (κ3) is 11.6. The number of rotatable bonds is 18. The summed E-state index contributed by atoms with van der Waals surface area (Å²) >= 11 is 12.6. The van der Waals surface area contributed by atoms with Crippen LogP contribution in [0.4, 0.5) is 8.78 Å². The molecule has 63 heavy (non-hydrogen) atoms. The van der Waals surface area contributed by atoms with Crippen molar-refractivity contribution >= 4 is 40.0 Å². The van der Waals surface area contributed by atoms with Gasteiger partial charge in [-0.25, -0.2) is 8.78 Å². The molecule has 5 aromatic carbocycles. The van der Waals surface area contributed by atoms with E-state index < -0.39 is 5.54 Å². The van der Waals surface area contributed by atoms with Crippen LogP contribution in [-0.4, -0.2) is 71.7 Å². The van der Waals surface area contributed by atoms with Crippen molar-refractivity contribution in [1.82, 2.24) is 25.0 Å². The Morgan fingerprint density at radius 3 is 2.25 bits per heavy atom. The Morgan fingerprint density at radius 2 is 1.49 bits per heavy atom. The third-order valence-electron chi connectivity index (χ3n) is 12.4. The Bertz CT molecular complexity index is 2450. The number of benzene rings is 5. The molecule has 0 bridgehead atoms. The van der Waals surface area contributed by atoms with E-state index in [9.17, 15) is 13.6 Å². The lowest BCUT2D eigenvalue weighted by Gasteiger charge is -2.37. The van der Waals surface area contributed by atoms with Gasteiger partial charge >= 0.3 is 0 Å². The molecule has 0 unspecified atom stereocenters. The lowest BCUT2D eigenvalue weighted by atomic mass is 9.80. The number of nitrogens with zero attached hydrogens (tertiary/aromatic N) is 3.